The molecule has 72 valence electrons. The van der Waals surface area contributed by atoms with Gasteiger partial charge in [-0.05, 0) is 13.8 Å². The van der Waals surface area contributed by atoms with E-state index in [0.717, 1.165) is 5.69 Å². The molecule has 1 aromatic heterocycles. The molecule has 0 saturated carbocycles. The first-order chi connectivity index (χ1) is 6.09. The normalized spacial score (nSPS) is 12.5. The van der Waals surface area contributed by atoms with Gasteiger partial charge in [0.15, 0.2) is 5.01 Å². The predicted molar refractivity (Wildman–Crippen MR) is 50.9 cm³/mol. The van der Waals surface area contributed by atoms with Crippen LogP contribution in [0.25, 0.3) is 0 Å². The van der Waals surface area contributed by atoms with Crippen molar-refractivity contribution in [2.45, 2.75) is 20.0 Å². The Bertz CT molecular complexity index is 296. The van der Waals surface area contributed by atoms with Crippen LogP contribution in [-0.4, -0.2) is 28.6 Å². The summed E-state index contributed by atoms with van der Waals surface area (Å²) in [5.74, 6) is -0.223. The molecule has 1 rings (SSSR count). The van der Waals surface area contributed by atoms with Gasteiger partial charge in [-0.1, -0.05) is 0 Å². The van der Waals surface area contributed by atoms with Crippen LogP contribution in [0.5, 0.6) is 0 Å². The minimum Gasteiger partial charge on any atom is -0.392 e. The van der Waals surface area contributed by atoms with Crippen molar-refractivity contribution in [2.24, 2.45) is 0 Å². The van der Waals surface area contributed by atoms with E-state index in [9.17, 15) is 4.79 Å². The minimum absolute atomic E-state index is 0.223. The Labute approximate surface area is 80.6 Å². The minimum atomic E-state index is -0.523. The van der Waals surface area contributed by atoms with E-state index in [-0.39, 0.29) is 12.5 Å². The van der Waals surface area contributed by atoms with Crippen molar-refractivity contribution in [2.75, 3.05) is 6.54 Å². The molecular weight excluding hydrogens is 188 g/mol. The quantitative estimate of drug-likeness (QED) is 0.749. The molecule has 1 aromatic rings. The molecule has 1 amide bonds. The SMILES string of the molecule is Cc1csc(C(=O)NC[C@@H](C)O)n1. The summed E-state index contributed by atoms with van der Waals surface area (Å²) < 4.78 is 0. The summed E-state index contributed by atoms with van der Waals surface area (Å²) in [5, 5.41) is 13.8. The lowest BCUT2D eigenvalue weighted by atomic mass is 10.4. The fourth-order valence-corrected chi connectivity index (χ4v) is 1.49. The number of thiazole rings is 1. The van der Waals surface area contributed by atoms with Gasteiger partial charge >= 0.3 is 0 Å². The van der Waals surface area contributed by atoms with Gasteiger partial charge in [0.1, 0.15) is 0 Å². The maximum absolute atomic E-state index is 11.3. The summed E-state index contributed by atoms with van der Waals surface area (Å²) in [6.07, 6.45) is -0.523. The number of aromatic nitrogens is 1. The number of hydrogen-bond donors (Lipinski definition) is 2. The van der Waals surface area contributed by atoms with Gasteiger partial charge in [0, 0.05) is 17.6 Å². The van der Waals surface area contributed by atoms with E-state index < -0.39 is 6.10 Å². The monoisotopic (exact) mass is 200 g/mol. The summed E-state index contributed by atoms with van der Waals surface area (Å²) in [6.45, 7) is 3.72. The second-order valence-electron chi connectivity index (χ2n) is 2.85. The third kappa shape index (κ3) is 3.12. The topological polar surface area (TPSA) is 62.2 Å². The number of aliphatic hydroxyl groups excluding tert-OH is 1. The van der Waals surface area contributed by atoms with Crippen molar-refractivity contribution < 1.29 is 9.90 Å². The van der Waals surface area contributed by atoms with Crippen LogP contribution in [0.1, 0.15) is 22.4 Å². The molecule has 13 heavy (non-hydrogen) atoms. The summed E-state index contributed by atoms with van der Waals surface area (Å²) in [6, 6.07) is 0. The molecule has 0 bridgehead atoms. The molecule has 2 N–H and O–H groups in total. The predicted octanol–water partition coefficient (Wildman–Crippen LogP) is 0.562. The molecule has 0 spiro atoms. The molecule has 0 saturated heterocycles. The second-order valence-corrected chi connectivity index (χ2v) is 3.71. The highest BCUT2D eigenvalue weighted by Crippen LogP contribution is 2.07. The molecule has 5 heteroatoms. The van der Waals surface area contributed by atoms with Crippen LogP contribution < -0.4 is 5.32 Å². The Hall–Kier alpha value is -0.940. The number of amides is 1. The van der Waals surface area contributed by atoms with E-state index in [0.29, 0.717) is 5.01 Å². The summed E-state index contributed by atoms with van der Waals surface area (Å²) in [4.78, 5) is 15.3. The van der Waals surface area contributed by atoms with Crippen molar-refractivity contribution in [1.82, 2.24) is 10.3 Å². The zero-order valence-corrected chi connectivity index (χ0v) is 8.39. The number of carbonyl (C=O) groups is 1. The Morgan fingerprint density at radius 3 is 3.00 bits per heavy atom. The van der Waals surface area contributed by atoms with Gasteiger partial charge in [-0.15, -0.1) is 11.3 Å². The van der Waals surface area contributed by atoms with Crippen molar-refractivity contribution in [3.8, 4) is 0 Å². The van der Waals surface area contributed by atoms with Crippen LogP contribution >= 0.6 is 11.3 Å². The van der Waals surface area contributed by atoms with E-state index >= 15 is 0 Å². The van der Waals surface area contributed by atoms with Crippen LogP contribution in [0.3, 0.4) is 0 Å². The summed E-state index contributed by atoms with van der Waals surface area (Å²) >= 11 is 1.30. The van der Waals surface area contributed by atoms with E-state index in [4.69, 9.17) is 5.11 Å². The first kappa shape index (κ1) is 10.1. The molecule has 0 unspecified atom stereocenters. The average molecular weight is 200 g/mol. The number of nitrogens with zero attached hydrogens (tertiary/aromatic N) is 1. The Balaban J connectivity index is 2.49. The molecule has 4 nitrogen and oxygen atoms in total. The molecule has 0 aliphatic carbocycles. The molecule has 0 aromatic carbocycles. The molecule has 0 aliphatic rings. The second kappa shape index (κ2) is 4.34. The smallest absolute Gasteiger partial charge is 0.280 e. The number of aliphatic hydroxyl groups is 1. The maximum atomic E-state index is 11.3. The van der Waals surface area contributed by atoms with Gasteiger partial charge in [-0.2, -0.15) is 0 Å². The maximum Gasteiger partial charge on any atom is 0.280 e. The van der Waals surface area contributed by atoms with Crippen molar-refractivity contribution in [3.05, 3.63) is 16.1 Å². The van der Waals surface area contributed by atoms with Crippen molar-refractivity contribution in [3.63, 3.8) is 0 Å². The lowest BCUT2D eigenvalue weighted by Crippen LogP contribution is -2.30. The van der Waals surface area contributed by atoms with Gasteiger partial charge in [0.2, 0.25) is 0 Å². The Kier molecular flexibility index (Phi) is 3.39. The van der Waals surface area contributed by atoms with Crippen molar-refractivity contribution in [1.29, 1.82) is 0 Å². The lowest BCUT2D eigenvalue weighted by Gasteiger charge is -2.04. The van der Waals surface area contributed by atoms with Gasteiger partial charge in [0.25, 0.3) is 5.91 Å². The Morgan fingerprint density at radius 2 is 2.54 bits per heavy atom. The average Bonchev–Trinajstić information content (AvgIpc) is 2.47. The molecule has 1 atom stereocenters. The highest BCUT2D eigenvalue weighted by molar-refractivity contribution is 7.11. The van der Waals surface area contributed by atoms with Crippen LogP contribution in [-0.2, 0) is 0 Å². The van der Waals surface area contributed by atoms with E-state index in [1.165, 1.54) is 11.3 Å². The van der Waals surface area contributed by atoms with Gasteiger partial charge in [-0.25, -0.2) is 4.98 Å². The third-order valence-corrected chi connectivity index (χ3v) is 2.33. The van der Waals surface area contributed by atoms with Crippen molar-refractivity contribution >= 4 is 17.2 Å². The standard InChI is InChI=1S/C8H12N2O2S/c1-5-4-13-8(10-5)7(12)9-3-6(2)11/h4,6,11H,3H2,1-2H3,(H,9,12)/t6-/m1/s1. The fraction of sp³-hybridized carbons (Fsp3) is 0.500. The number of rotatable bonds is 3. The van der Waals surface area contributed by atoms with Crippen LogP contribution in [0, 0.1) is 6.92 Å². The van der Waals surface area contributed by atoms with E-state index in [2.05, 4.69) is 10.3 Å². The fourth-order valence-electron chi connectivity index (χ4n) is 0.774. The van der Waals surface area contributed by atoms with E-state index in [1.807, 2.05) is 12.3 Å². The van der Waals surface area contributed by atoms with Crippen LogP contribution in [0.2, 0.25) is 0 Å². The lowest BCUT2D eigenvalue weighted by molar-refractivity contribution is 0.0923. The summed E-state index contributed by atoms with van der Waals surface area (Å²) in [7, 11) is 0. The van der Waals surface area contributed by atoms with Gasteiger partial charge in [-0.3, -0.25) is 4.79 Å². The number of carbonyl (C=O) groups excluding carboxylic acids is 1. The van der Waals surface area contributed by atoms with E-state index in [1.54, 1.807) is 6.92 Å². The zero-order chi connectivity index (χ0) is 9.84. The Morgan fingerprint density at radius 1 is 1.85 bits per heavy atom. The highest BCUT2D eigenvalue weighted by Gasteiger charge is 2.09. The molecule has 1 heterocycles. The molecular formula is C8H12N2O2S. The summed E-state index contributed by atoms with van der Waals surface area (Å²) in [5.41, 5.74) is 0.840. The van der Waals surface area contributed by atoms with Crippen LogP contribution in [0.4, 0.5) is 0 Å². The highest BCUT2D eigenvalue weighted by atomic mass is 32.1. The molecule has 0 aliphatic heterocycles. The zero-order valence-electron chi connectivity index (χ0n) is 7.57. The first-order valence-electron chi connectivity index (χ1n) is 3.98. The third-order valence-electron chi connectivity index (χ3n) is 1.37. The molecule has 0 fully saturated rings. The number of aryl methyl sites for hydroxylation is 1. The van der Waals surface area contributed by atoms with Gasteiger partial charge in [0.05, 0.1) is 6.10 Å². The number of nitrogens with one attached hydrogen (secondary N) is 1. The molecule has 0 radical (unpaired) electrons. The van der Waals surface area contributed by atoms with Gasteiger partial charge < -0.3 is 10.4 Å². The number of hydrogen-bond acceptors (Lipinski definition) is 4. The largest absolute Gasteiger partial charge is 0.392 e. The van der Waals surface area contributed by atoms with Crippen LogP contribution in [0.15, 0.2) is 5.38 Å². The first-order valence-corrected chi connectivity index (χ1v) is 4.86.